The van der Waals surface area contributed by atoms with Gasteiger partial charge in [-0.05, 0) is 31.7 Å². The van der Waals surface area contributed by atoms with Gasteiger partial charge in [-0.2, -0.15) is 0 Å². The van der Waals surface area contributed by atoms with Gasteiger partial charge >= 0.3 is 0 Å². The van der Waals surface area contributed by atoms with E-state index in [1.54, 1.807) is 0 Å². The molecule has 1 atom stereocenters. The Morgan fingerprint density at radius 1 is 1.44 bits per heavy atom. The van der Waals surface area contributed by atoms with E-state index in [1.807, 2.05) is 11.9 Å². The molecule has 1 heterocycles. The second kappa shape index (κ2) is 6.89. The highest BCUT2D eigenvalue weighted by molar-refractivity contribution is 5.76. The fraction of sp³-hybridized carbons (Fsp3) is 0.923. The summed E-state index contributed by atoms with van der Waals surface area (Å²) >= 11 is 0. The van der Waals surface area contributed by atoms with Gasteiger partial charge in [0.2, 0.25) is 5.91 Å². The predicted octanol–water partition coefficient (Wildman–Crippen LogP) is 2.02. The van der Waals surface area contributed by atoms with Crippen molar-refractivity contribution in [2.75, 3.05) is 20.1 Å². The molecule has 1 fully saturated rings. The van der Waals surface area contributed by atoms with Crippen LogP contribution in [0, 0.1) is 5.92 Å². The molecular formula is C13H26N2O. The molecule has 0 aromatic heterocycles. The molecular weight excluding hydrogens is 200 g/mol. The number of amides is 1. The standard InChI is InChI=1S/C13H26N2O/c1-11(2)7-9-15(3)13(16)10-12-6-4-5-8-14-12/h11-12,14H,4-10H2,1-3H3. The fourth-order valence-electron chi connectivity index (χ4n) is 2.04. The lowest BCUT2D eigenvalue weighted by atomic mass is 10.0. The molecule has 0 aromatic carbocycles. The number of nitrogens with zero attached hydrogens (tertiary/aromatic N) is 1. The van der Waals surface area contributed by atoms with Crippen molar-refractivity contribution in [2.24, 2.45) is 5.92 Å². The Bertz CT molecular complexity index is 210. The van der Waals surface area contributed by atoms with Crippen LogP contribution in [0.1, 0.15) is 46.0 Å². The van der Waals surface area contributed by atoms with Crippen molar-refractivity contribution in [2.45, 2.75) is 52.0 Å². The number of hydrogen-bond acceptors (Lipinski definition) is 2. The van der Waals surface area contributed by atoms with E-state index in [0.29, 0.717) is 24.3 Å². The lowest BCUT2D eigenvalue weighted by molar-refractivity contribution is -0.130. The highest BCUT2D eigenvalue weighted by Crippen LogP contribution is 2.11. The smallest absolute Gasteiger partial charge is 0.223 e. The minimum absolute atomic E-state index is 0.292. The molecule has 1 rings (SSSR count). The third-order valence-electron chi connectivity index (χ3n) is 3.30. The summed E-state index contributed by atoms with van der Waals surface area (Å²) in [6.07, 6.45) is 5.45. The Kier molecular flexibility index (Phi) is 5.81. The van der Waals surface area contributed by atoms with E-state index in [9.17, 15) is 4.79 Å². The van der Waals surface area contributed by atoms with Crippen molar-refractivity contribution in [3.8, 4) is 0 Å². The van der Waals surface area contributed by atoms with E-state index >= 15 is 0 Å². The van der Waals surface area contributed by atoms with Crippen LogP contribution >= 0.6 is 0 Å². The molecule has 94 valence electrons. The number of carbonyl (C=O) groups excluding carboxylic acids is 1. The van der Waals surface area contributed by atoms with Gasteiger partial charge in [0.1, 0.15) is 0 Å². The van der Waals surface area contributed by atoms with E-state index in [4.69, 9.17) is 0 Å². The van der Waals surface area contributed by atoms with Gasteiger partial charge in [-0.1, -0.05) is 20.3 Å². The minimum atomic E-state index is 0.292. The van der Waals surface area contributed by atoms with Gasteiger partial charge in [0.05, 0.1) is 0 Å². The monoisotopic (exact) mass is 226 g/mol. The predicted molar refractivity (Wildman–Crippen MR) is 67.4 cm³/mol. The summed E-state index contributed by atoms with van der Waals surface area (Å²) in [7, 11) is 1.92. The third-order valence-corrected chi connectivity index (χ3v) is 3.30. The second-order valence-electron chi connectivity index (χ2n) is 5.35. The maximum Gasteiger partial charge on any atom is 0.223 e. The van der Waals surface area contributed by atoms with Crippen molar-refractivity contribution in [3.63, 3.8) is 0 Å². The van der Waals surface area contributed by atoms with Crippen LogP contribution in [0.2, 0.25) is 0 Å². The van der Waals surface area contributed by atoms with E-state index in [-0.39, 0.29) is 0 Å². The first-order valence-corrected chi connectivity index (χ1v) is 6.57. The van der Waals surface area contributed by atoms with Crippen molar-refractivity contribution in [3.05, 3.63) is 0 Å². The molecule has 0 bridgehead atoms. The van der Waals surface area contributed by atoms with Crippen LogP contribution in [0.25, 0.3) is 0 Å². The molecule has 1 aliphatic heterocycles. The molecule has 0 radical (unpaired) electrons. The summed E-state index contributed by atoms with van der Waals surface area (Å²) in [4.78, 5) is 13.8. The largest absolute Gasteiger partial charge is 0.346 e. The molecule has 0 aromatic rings. The van der Waals surface area contributed by atoms with Crippen molar-refractivity contribution >= 4 is 5.91 Å². The molecule has 0 saturated carbocycles. The summed E-state index contributed by atoms with van der Waals surface area (Å²) in [5.74, 6) is 0.961. The maximum atomic E-state index is 11.9. The number of nitrogens with one attached hydrogen (secondary N) is 1. The molecule has 1 unspecified atom stereocenters. The number of hydrogen-bond donors (Lipinski definition) is 1. The summed E-state index contributed by atoms with van der Waals surface area (Å²) in [5.41, 5.74) is 0. The minimum Gasteiger partial charge on any atom is -0.346 e. The summed E-state index contributed by atoms with van der Waals surface area (Å²) < 4.78 is 0. The highest BCUT2D eigenvalue weighted by atomic mass is 16.2. The lowest BCUT2D eigenvalue weighted by Gasteiger charge is -2.25. The molecule has 3 nitrogen and oxygen atoms in total. The van der Waals surface area contributed by atoms with E-state index in [1.165, 1.54) is 12.8 Å². The SMILES string of the molecule is CC(C)CCN(C)C(=O)CC1CCCCN1. The number of rotatable bonds is 5. The molecule has 3 heteroatoms. The quantitative estimate of drug-likeness (QED) is 0.778. The average Bonchev–Trinajstić information content (AvgIpc) is 2.27. The van der Waals surface area contributed by atoms with Gasteiger partial charge < -0.3 is 10.2 Å². The van der Waals surface area contributed by atoms with E-state index in [0.717, 1.165) is 25.9 Å². The summed E-state index contributed by atoms with van der Waals surface area (Å²) in [6.45, 7) is 6.36. The first-order chi connectivity index (χ1) is 7.59. The van der Waals surface area contributed by atoms with Gasteiger partial charge in [-0.3, -0.25) is 4.79 Å². The van der Waals surface area contributed by atoms with Crippen LogP contribution in [0.5, 0.6) is 0 Å². The van der Waals surface area contributed by atoms with Crippen LogP contribution in [-0.2, 0) is 4.79 Å². The average molecular weight is 226 g/mol. The van der Waals surface area contributed by atoms with Gasteiger partial charge in [0.25, 0.3) is 0 Å². The molecule has 1 N–H and O–H groups in total. The van der Waals surface area contributed by atoms with Gasteiger partial charge in [-0.25, -0.2) is 0 Å². The van der Waals surface area contributed by atoms with E-state index < -0.39 is 0 Å². The van der Waals surface area contributed by atoms with Crippen molar-refractivity contribution in [1.29, 1.82) is 0 Å². The molecule has 0 aliphatic carbocycles. The Hall–Kier alpha value is -0.570. The summed E-state index contributed by atoms with van der Waals surface area (Å²) in [5, 5.41) is 3.42. The Balaban J connectivity index is 2.22. The molecule has 0 spiro atoms. The molecule has 16 heavy (non-hydrogen) atoms. The second-order valence-corrected chi connectivity index (χ2v) is 5.35. The Labute approximate surface area is 99.6 Å². The summed E-state index contributed by atoms with van der Waals surface area (Å²) in [6, 6.07) is 0.419. The lowest BCUT2D eigenvalue weighted by Crippen LogP contribution is -2.39. The third kappa shape index (κ3) is 4.97. The topological polar surface area (TPSA) is 32.3 Å². The first-order valence-electron chi connectivity index (χ1n) is 6.57. The van der Waals surface area contributed by atoms with Crippen LogP contribution in [0.15, 0.2) is 0 Å². The van der Waals surface area contributed by atoms with Gasteiger partial charge in [-0.15, -0.1) is 0 Å². The molecule has 1 aliphatic rings. The van der Waals surface area contributed by atoms with Crippen LogP contribution < -0.4 is 5.32 Å². The maximum absolute atomic E-state index is 11.9. The van der Waals surface area contributed by atoms with Crippen LogP contribution in [0.3, 0.4) is 0 Å². The molecule has 1 amide bonds. The fourth-order valence-corrected chi connectivity index (χ4v) is 2.04. The zero-order valence-electron chi connectivity index (χ0n) is 11.0. The van der Waals surface area contributed by atoms with Gasteiger partial charge in [0, 0.05) is 26.1 Å². The van der Waals surface area contributed by atoms with Crippen LogP contribution in [-0.4, -0.2) is 37.0 Å². The highest BCUT2D eigenvalue weighted by Gasteiger charge is 2.18. The first kappa shape index (κ1) is 13.5. The molecule has 1 saturated heterocycles. The van der Waals surface area contributed by atoms with Crippen molar-refractivity contribution < 1.29 is 4.79 Å². The normalized spacial score (nSPS) is 21.1. The van der Waals surface area contributed by atoms with Crippen molar-refractivity contribution in [1.82, 2.24) is 10.2 Å². The van der Waals surface area contributed by atoms with Gasteiger partial charge in [0.15, 0.2) is 0 Å². The zero-order valence-corrected chi connectivity index (χ0v) is 11.0. The van der Waals surface area contributed by atoms with Crippen LogP contribution in [0.4, 0.5) is 0 Å². The number of piperidine rings is 1. The Morgan fingerprint density at radius 2 is 2.19 bits per heavy atom. The Morgan fingerprint density at radius 3 is 2.75 bits per heavy atom. The zero-order chi connectivity index (χ0) is 12.0. The number of carbonyl (C=O) groups is 1. The van der Waals surface area contributed by atoms with E-state index in [2.05, 4.69) is 19.2 Å².